The minimum atomic E-state index is -0.602. The zero-order valence-corrected chi connectivity index (χ0v) is 21.0. The lowest BCUT2D eigenvalue weighted by molar-refractivity contribution is 0.0449. The lowest BCUT2D eigenvalue weighted by Gasteiger charge is -2.57. The van der Waals surface area contributed by atoms with Crippen LogP contribution in [0.2, 0.25) is 0 Å². The lowest BCUT2D eigenvalue weighted by Crippen LogP contribution is -2.71. The molecule has 1 aromatic carbocycles. The first-order valence-electron chi connectivity index (χ1n) is 12.2. The zero-order chi connectivity index (χ0) is 25.5. The van der Waals surface area contributed by atoms with Crippen molar-refractivity contribution in [3.8, 4) is 17.3 Å². The highest BCUT2D eigenvalue weighted by Gasteiger charge is 2.48. The number of benzene rings is 1. The summed E-state index contributed by atoms with van der Waals surface area (Å²) in [6.45, 7) is 3.13. The normalized spacial score (nSPS) is 18.9. The van der Waals surface area contributed by atoms with E-state index in [1.807, 2.05) is 6.07 Å². The van der Waals surface area contributed by atoms with Crippen LogP contribution < -0.4 is 10.6 Å². The fourth-order valence-electron chi connectivity index (χ4n) is 6.13. The number of fused-ring (bicyclic) bond motifs is 4. The Bertz CT molecular complexity index is 1660. The molecule has 6 heterocycles. The number of aromatic nitrogens is 3. The minimum absolute atomic E-state index is 0.0972. The summed E-state index contributed by atoms with van der Waals surface area (Å²) in [5.41, 5.74) is 8.16. The van der Waals surface area contributed by atoms with Crippen LogP contribution in [0.3, 0.4) is 0 Å². The van der Waals surface area contributed by atoms with Crippen molar-refractivity contribution < 1.29 is 13.5 Å². The van der Waals surface area contributed by atoms with Crippen LogP contribution in [0.5, 0.6) is 0 Å². The lowest BCUT2D eigenvalue weighted by atomic mass is 9.80. The van der Waals surface area contributed by atoms with E-state index < -0.39 is 11.6 Å². The van der Waals surface area contributed by atoms with Crippen molar-refractivity contribution in [2.45, 2.75) is 38.0 Å². The van der Waals surface area contributed by atoms with Crippen molar-refractivity contribution in [1.29, 1.82) is 5.26 Å². The average molecular weight is 520 g/mol. The quantitative estimate of drug-likeness (QED) is 0.417. The fraction of sp³-hybridized carbons (Fsp3) is 0.385. The minimum Gasteiger partial charge on any atom is -0.389 e. The van der Waals surface area contributed by atoms with Crippen LogP contribution in [0.25, 0.3) is 32.2 Å². The Labute approximate surface area is 215 Å². The van der Waals surface area contributed by atoms with Crippen LogP contribution in [-0.2, 0) is 18.0 Å². The SMILES string of the molecule is CN1CCCCC12CN(c1ncc3c4c(c(-c5ncc(F)c6sc(N)c(C#N)c56)c(F)c3n1)COC4)C2. The van der Waals surface area contributed by atoms with E-state index in [4.69, 9.17) is 10.5 Å². The third-order valence-corrected chi connectivity index (χ3v) is 9.21. The molecule has 0 unspecified atom stereocenters. The van der Waals surface area contributed by atoms with Crippen LogP contribution in [0.1, 0.15) is 36.0 Å². The number of nitrogen functional groups attached to an aromatic ring is 1. The third-order valence-electron chi connectivity index (χ3n) is 8.18. The van der Waals surface area contributed by atoms with Gasteiger partial charge in [-0.3, -0.25) is 9.88 Å². The van der Waals surface area contributed by atoms with E-state index in [1.54, 1.807) is 6.20 Å². The van der Waals surface area contributed by atoms with Crippen molar-refractivity contribution in [2.75, 3.05) is 37.3 Å². The summed E-state index contributed by atoms with van der Waals surface area (Å²) in [6.07, 6.45) is 6.27. The predicted molar refractivity (Wildman–Crippen MR) is 137 cm³/mol. The molecule has 8 nitrogen and oxygen atoms in total. The van der Waals surface area contributed by atoms with Gasteiger partial charge in [0.05, 0.1) is 40.9 Å². The monoisotopic (exact) mass is 519 g/mol. The molecule has 0 atom stereocenters. The van der Waals surface area contributed by atoms with Gasteiger partial charge in [0.15, 0.2) is 11.6 Å². The number of rotatable bonds is 2. The van der Waals surface area contributed by atoms with Crippen LogP contribution in [0.4, 0.5) is 19.7 Å². The number of pyridine rings is 1. The van der Waals surface area contributed by atoms with Gasteiger partial charge in [0.1, 0.15) is 16.6 Å². The highest BCUT2D eigenvalue weighted by Crippen LogP contribution is 2.45. The molecule has 2 fully saturated rings. The van der Waals surface area contributed by atoms with Crippen LogP contribution in [0.15, 0.2) is 12.4 Å². The highest BCUT2D eigenvalue weighted by molar-refractivity contribution is 7.23. The van der Waals surface area contributed by atoms with E-state index in [9.17, 15) is 9.65 Å². The Hall–Kier alpha value is -3.46. The maximum absolute atomic E-state index is 16.4. The van der Waals surface area contributed by atoms with Crippen molar-refractivity contribution in [3.63, 3.8) is 0 Å². The van der Waals surface area contributed by atoms with Gasteiger partial charge >= 0.3 is 0 Å². The maximum Gasteiger partial charge on any atom is 0.226 e. The Morgan fingerprint density at radius 1 is 1.16 bits per heavy atom. The molecule has 0 saturated carbocycles. The second-order valence-corrected chi connectivity index (χ2v) is 11.2. The summed E-state index contributed by atoms with van der Waals surface area (Å²) in [7, 11) is 2.16. The number of piperidine rings is 1. The summed E-state index contributed by atoms with van der Waals surface area (Å²) in [5, 5.41) is 10.7. The molecule has 4 aromatic rings. The van der Waals surface area contributed by atoms with E-state index in [1.165, 1.54) is 12.8 Å². The van der Waals surface area contributed by atoms with Crippen molar-refractivity contribution >= 4 is 43.3 Å². The maximum atomic E-state index is 16.4. The molecule has 0 bridgehead atoms. The number of nitriles is 1. The molecule has 37 heavy (non-hydrogen) atoms. The van der Waals surface area contributed by atoms with Gasteiger partial charge in [-0.1, -0.05) is 6.42 Å². The number of hydrogen-bond acceptors (Lipinski definition) is 9. The third kappa shape index (κ3) is 3.13. The Morgan fingerprint density at radius 2 is 1.97 bits per heavy atom. The molecule has 1 spiro atoms. The summed E-state index contributed by atoms with van der Waals surface area (Å²) >= 11 is 0.960. The van der Waals surface area contributed by atoms with Crippen LogP contribution in [0, 0.1) is 23.0 Å². The van der Waals surface area contributed by atoms with Crippen molar-refractivity contribution in [3.05, 3.63) is 40.7 Å². The predicted octanol–water partition coefficient (Wildman–Crippen LogP) is 4.34. The molecule has 188 valence electrons. The molecule has 2 N–H and O–H groups in total. The molecular weight excluding hydrogens is 496 g/mol. The Kier molecular flexibility index (Phi) is 4.92. The van der Waals surface area contributed by atoms with Gasteiger partial charge < -0.3 is 15.4 Å². The first-order valence-corrected chi connectivity index (χ1v) is 13.0. The van der Waals surface area contributed by atoms with Crippen LogP contribution >= 0.6 is 11.3 Å². The Balaban J connectivity index is 1.40. The number of likely N-dealkylation sites (N-methyl/N-ethyl adjacent to an activating group) is 1. The van der Waals surface area contributed by atoms with Gasteiger partial charge in [0.25, 0.3) is 0 Å². The largest absolute Gasteiger partial charge is 0.389 e. The number of anilines is 2. The van der Waals surface area contributed by atoms with Gasteiger partial charge in [-0.15, -0.1) is 11.3 Å². The second-order valence-electron chi connectivity index (χ2n) is 10.1. The van der Waals surface area contributed by atoms with Crippen molar-refractivity contribution in [1.82, 2.24) is 19.9 Å². The number of ether oxygens (including phenoxy) is 1. The number of nitrogens with zero attached hydrogens (tertiary/aromatic N) is 6. The van der Waals surface area contributed by atoms with Crippen molar-refractivity contribution in [2.24, 2.45) is 0 Å². The van der Waals surface area contributed by atoms with E-state index >= 15 is 4.39 Å². The second kappa shape index (κ2) is 8.02. The number of nitrogens with two attached hydrogens (primary N) is 1. The summed E-state index contributed by atoms with van der Waals surface area (Å²) < 4.78 is 37.0. The van der Waals surface area contributed by atoms with Gasteiger partial charge in [-0.25, -0.2) is 18.7 Å². The molecule has 0 aliphatic carbocycles. The van der Waals surface area contributed by atoms with E-state index in [0.717, 1.165) is 49.2 Å². The van der Waals surface area contributed by atoms with Crippen LogP contribution in [-0.4, -0.2) is 52.1 Å². The summed E-state index contributed by atoms with van der Waals surface area (Å²) in [4.78, 5) is 18.1. The van der Waals surface area contributed by atoms with E-state index in [0.29, 0.717) is 16.9 Å². The molecule has 3 aromatic heterocycles. The van der Waals surface area contributed by atoms with E-state index in [2.05, 4.69) is 31.8 Å². The van der Waals surface area contributed by atoms with E-state index in [-0.39, 0.29) is 56.2 Å². The standard InChI is InChI=1S/C26H23F2N7OS/c1-34-5-3-2-4-26(34)11-35(12-26)25-32-7-14-15-9-36-10-16(15)18(20(28)21(14)33-25)22-19-13(6-29)24(30)37-23(19)17(27)8-31-22/h7-8H,2-5,9-12,30H2,1H3. The summed E-state index contributed by atoms with van der Waals surface area (Å²) in [5.74, 6) is -0.701. The number of halogens is 2. The molecule has 7 rings (SSSR count). The average Bonchev–Trinajstić information content (AvgIpc) is 3.49. The first kappa shape index (κ1) is 22.7. The summed E-state index contributed by atoms with van der Waals surface area (Å²) in [6, 6.07) is 2.04. The molecule has 3 aliphatic heterocycles. The number of hydrogen-bond donors (Lipinski definition) is 1. The molecule has 11 heteroatoms. The first-order chi connectivity index (χ1) is 17.9. The molecular formula is C26H23F2N7OS. The fourth-order valence-corrected chi connectivity index (χ4v) is 7.05. The zero-order valence-electron chi connectivity index (χ0n) is 20.1. The molecule has 3 aliphatic rings. The smallest absolute Gasteiger partial charge is 0.226 e. The Morgan fingerprint density at radius 3 is 2.76 bits per heavy atom. The van der Waals surface area contributed by atoms with Gasteiger partial charge in [-0.05, 0) is 37.6 Å². The number of thiophene rings is 1. The van der Waals surface area contributed by atoms with Gasteiger partial charge in [0.2, 0.25) is 5.95 Å². The topological polar surface area (TPSA) is 104 Å². The highest BCUT2D eigenvalue weighted by atomic mass is 32.1. The van der Waals surface area contributed by atoms with Gasteiger partial charge in [0, 0.05) is 35.6 Å². The molecule has 2 saturated heterocycles. The molecule has 0 amide bonds. The molecule has 0 radical (unpaired) electrons. The van der Waals surface area contributed by atoms with Gasteiger partial charge in [-0.2, -0.15) is 5.26 Å². The number of likely N-dealkylation sites (tertiary alicyclic amines) is 1.